The molecule has 0 bridgehead atoms. The molecule has 0 aliphatic carbocycles. The molecule has 0 heterocycles. The minimum Gasteiger partial charge on any atom is -0.409 e. The van der Waals surface area contributed by atoms with Gasteiger partial charge in [0.25, 0.3) is 0 Å². The van der Waals surface area contributed by atoms with Crippen molar-refractivity contribution >= 4 is 5.84 Å². The molecule has 6 nitrogen and oxygen atoms in total. The molecule has 0 aliphatic heterocycles. The van der Waals surface area contributed by atoms with Crippen molar-refractivity contribution in [3.8, 4) is 0 Å². The summed E-state index contributed by atoms with van der Waals surface area (Å²) in [5.74, 6) is 0.261. The van der Waals surface area contributed by atoms with Gasteiger partial charge in [0.15, 0.2) is 0 Å². The number of methoxy groups -OCH3 is 1. The lowest BCUT2D eigenvalue weighted by Crippen LogP contribution is -2.33. The van der Waals surface area contributed by atoms with E-state index in [1.807, 2.05) is 6.92 Å². The van der Waals surface area contributed by atoms with E-state index >= 15 is 0 Å². The number of nitrogens with two attached hydrogens (primary N) is 1. The Balaban J connectivity index is 3.24. The Kier molecular flexibility index (Phi) is 9.15. The summed E-state index contributed by atoms with van der Waals surface area (Å²) in [7, 11) is 1.64. The molecular formula is C9H21N3O3. The van der Waals surface area contributed by atoms with E-state index in [0.717, 1.165) is 6.54 Å². The molecule has 15 heavy (non-hydrogen) atoms. The van der Waals surface area contributed by atoms with Crippen LogP contribution in [-0.2, 0) is 9.47 Å². The first-order valence-corrected chi connectivity index (χ1v) is 4.97. The molecule has 1 unspecified atom stereocenters. The summed E-state index contributed by atoms with van der Waals surface area (Å²) < 4.78 is 10.1. The van der Waals surface area contributed by atoms with Gasteiger partial charge in [0, 0.05) is 26.1 Å². The highest BCUT2D eigenvalue weighted by atomic mass is 16.5. The first-order chi connectivity index (χ1) is 7.22. The predicted molar refractivity (Wildman–Crippen MR) is 58.1 cm³/mol. The van der Waals surface area contributed by atoms with Crippen molar-refractivity contribution in [2.24, 2.45) is 16.8 Å². The highest BCUT2D eigenvalue weighted by Gasteiger charge is 2.05. The monoisotopic (exact) mass is 219 g/mol. The van der Waals surface area contributed by atoms with Crippen molar-refractivity contribution in [3.63, 3.8) is 0 Å². The Morgan fingerprint density at radius 1 is 1.47 bits per heavy atom. The third-order valence-electron chi connectivity index (χ3n) is 1.93. The first-order valence-electron chi connectivity index (χ1n) is 4.97. The maximum atomic E-state index is 8.40. The Bertz CT molecular complexity index is 176. The maximum absolute atomic E-state index is 8.40. The molecule has 0 aliphatic rings. The fourth-order valence-electron chi connectivity index (χ4n) is 0.910. The van der Waals surface area contributed by atoms with Crippen molar-refractivity contribution in [2.45, 2.75) is 6.92 Å². The Morgan fingerprint density at radius 2 is 2.20 bits per heavy atom. The van der Waals surface area contributed by atoms with Crippen LogP contribution in [0.25, 0.3) is 0 Å². The van der Waals surface area contributed by atoms with E-state index in [9.17, 15) is 0 Å². The summed E-state index contributed by atoms with van der Waals surface area (Å²) in [5, 5.41) is 14.5. The van der Waals surface area contributed by atoms with Crippen LogP contribution in [0.1, 0.15) is 6.92 Å². The average molecular weight is 219 g/mol. The largest absolute Gasteiger partial charge is 0.409 e. The molecular weight excluding hydrogens is 198 g/mol. The van der Waals surface area contributed by atoms with Crippen LogP contribution < -0.4 is 11.1 Å². The zero-order valence-electron chi connectivity index (χ0n) is 9.40. The SMILES string of the molecule is COCCOCCNCC(C)C(N)=NO. The molecule has 0 aromatic carbocycles. The quantitative estimate of drug-likeness (QED) is 0.162. The summed E-state index contributed by atoms with van der Waals surface area (Å²) in [6, 6.07) is 0. The van der Waals surface area contributed by atoms with E-state index in [0.29, 0.717) is 26.4 Å². The Hall–Kier alpha value is -0.850. The number of hydrogen-bond donors (Lipinski definition) is 3. The van der Waals surface area contributed by atoms with E-state index in [2.05, 4.69) is 10.5 Å². The van der Waals surface area contributed by atoms with E-state index in [-0.39, 0.29) is 11.8 Å². The van der Waals surface area contributed by atoms with Crippen molar-refractivity contribution in [3.05, 3.63) is 0 Å². The number of nitrogens with one attached hydrogen (secondary N) is 1. The van der Waals surface area contributed by atoms with Gasteiger partial charge in [-0.25, -0.2) is 0 Å². The standard InChI is InChI=1S/C9H21N3O3/c1-8(9(10)12-13)7-11-3-4-15-6-5-14-2/h8,11,13H,3-7H2,1-2H3,(H2,10,12). The molecule has 90 valence electrons. The topological polar surface area (TPSA) is 89.1 Å². The number of hydrogen-bond acceptors (Lipinski definition) is 5. The molecule has 0 amide bonds. The van der Waals surface area contributed by atoms with Crippen molar-refractivity contribution in [2.75, 3.05) is 40.0 Å². The van der Waals surface area contributed by atoms with Crippen molar-refractivity contribution in [1.82, 2.24) is 5.32 Å². The molecule has 0 saturated heterocycles. The van der Waals surface area contributed by atoms with Crippen LogP contribution in [0.4, 0.5) is 0 Å². The van der Waals surface area contributed by atoms with Gasteiger partial charge in [-0.15, -0.1) is 0 Å². The van der Waals surface area contributed by atoms with Crippen LogP contribution in [0, 0.1) is 5.92 Å². The third-order valence-corrected chi connectivity index (χ3v) is 1.93. The Labute approximate surface area is 90.4 Å². The second-order valence-corrected chi connectivity index (χ2v) is 3.24. The molecule has 1 atom stereocenters. The highest BCUT2D eigenvalue weighted by Crippen LogP contribution is 1.91. The van der Waals surface area contributed by atoms with Gasteiger partial charge < -0.3 is 25.7 Å². The molecule has 0 aromatic rings. The van der Waals surface area contributed by atoms with Crippen molar-refractivity contribution in [1.29, 1.82) is 0 Å². The van der Waals surface area contributed by atoms with Gasteiger partial charge >= 0.3 is 0 Å². The van der Waals surface area contributed by atoms with Gasteiger partial charge in [0.05, 0.1) is 19.8 Å². The van der Waals surface area contributed by atoms with Gasteiger partial charge in [-0.3, -0.25) is 0 Å². The van der Waals surface area contributed by atoms with Gasteiger partial charge in [-0.2, -0.15) is 0 Å². The lowest BCUT2D eigenvalue weighted by atomic mass is 10.1. The molecule has 0 spiro atoms. The lowest BCUT2D eigenvalue weighted by molar-refractivity contribution is 0.0719. The molecule has 0 saturated carbocycles. The lowest BCUT2D eigenvalue weighted by Gasteiger charge is -2.10. The molecule has 0 fully saturated rings. The summed E-state index contributed by atoms with van der Waals surface area (Å²) in [6.07, 6.45) is 0. The fraction of sp³-hybridized carbons (Fsp3) is 0.889. The number of ether oxygens (including phenoxy) is 2. The minimum atomic E-state index is 0.0222. The number of amidine groups is 1. The van der Waals surface area contributed by atoms with Crippen LogP contribution in [-0.4, -0.2) is 51.1 Å². The minimum absolute atomic E-state index is 0.0222. The van der Waals surface area contributed by atoms with Gasteiger partial charge in [-0.05, 0) is 0 Å². The molecule has 0 radical (unpaired) electrons. The molecule has 4 N–H and O–H groups in total. The number of oxime groups is 1. The normalized spacial score (nSPS) is 14.1. The second-order valence-electron chi connectivity index (χ2n) is 3.24. The van der Waals surface area contributed by atoms with Crippen molar-refractivity contribution < 1.29 is 14.7 Å². The maximum Gasteiger partial charge on any atom is 0.143 e. The van der Waals surface area contributed by atoms with Gasteiger partial charge in [0.2, 0.25) is 0 Å². The number of nitrogens with zero attached hydrogens (tertiary/aromatic N) is 1. The van der Waals surface area contributed by atoms with E-state index in [4.69, 9.17) is 20.4 Å². The van der Waals surface area contributed by atoms with E-state index in [1.165, 1.54) is 0 Å². The van der Waals surface area contributed by atoms with Gasteiger partial charge in [0.1, 0.15) is 5.84 Å². The van der Waals surface area contributed by atoms with Crippen LogP contribution in [0.5, 0.6) is 0 Å². The predicted octanol–water partition coefficient (Wildman–Crippen LogP) is -0.378. The molecule has 6 heteroatoms. The zero-order chi connectivity index (χ0) is 11.5. The fourth-order valence-corrected chi connectivity index (χ4v) is 0.910. The third kappa shape index (κ3) is 8.17. The number of rotatable bonds is 9. The Morgan fingerprint density at radius 3 is 2.80 bits per heavy atom. The molecule has 0 aromatic heterocycles. The smallest absolute Gasteiger partial charge is 0.143 e. The average Bonchev–Trinajstić information content (AvgIpc) is 2.26. The molecule has 0 rings (SSSR count). The van der Waals surface area contributed by atoms with E-state index in [1.54, 1.807) is 7.11 Å². The first kappa shape index (κ1) is 14.2. The van der Waals surface area contributed by atoms with Gasteiger partial charge in [-0.1, -0.05) is 12.1 Å². The highest BCUT2D eigenvalue weighted by molar-refractivity contribution is 5.82. The van der Waals surface area contributed by atoms with E-state index < -0.39 is 0 Å². The second kappa shape index (κ2) is 9.70. The summed E-state index contributed by atoms with van der Waals surface area (Å²) in [4.78, 5) is 0. The van der Waals surface area contributed by atoms with Crippen LogP contribution in [0.3, 0.4) is 0 Å². The van der Waals surface area contributed by atoms with Crippen LogP contribution in [0.2, 0.25) is 0 Å². The van der Waals surface area contributed by atoms with Crippen LogP contribution in [0.15, 0.2) is 5.16 Å². The summed E-state index contributed by atoms with van der Waals surface area (Å²) >= 11 is 0. The summed E-state index contributed by atoms with van der Waals surface area (Å²) in [6.45, 7) is 5.14. The van der Waals surface area contributed by atoms with Crippen LogP contribution >= 0.6 is 0 Å². The summed E-state index contributed by atoms with van der Waals surface area (Å²) in [5.41, 5.74) is 5.41. The zero-order valence-corrected chi connectivity index (χ0v) is 9.40.